The minimum atomic E-state index is -0.439. The molecule has 28 heavy (non-hydrogen) atoms. The van der Waals surface area contributed by atoms with Gasteiger partial charge in [0.1, 0.15) is 5.75 Å². The first-order valence-corrected chi connectivity index (χ1v) is 9.04. The van der Waals surface area contributed by atoms with Crippen LogP contribution in [0.3, 0.4) is 0 Å². The summed E-state index contributed by atoms with van der Waals surface area (Å²) in [6.07, 6.45) is 0. The van der Waals surface area contributed by atoms with Gasteiger partial charge in [0.15, 0.2) is 0 Å². The molecule has 1 amide bonds. The van der Waals surface area contributed by atoms with Crippen molar-refractivity contribution in [3.63, 3.8) is 0 Å². The molecule has 3 aromatic rings. The predicted octanol–water partition coefficient (Wildman–Crippen LogP) is 1.35. The third-order valence-electron chi connectivity index (χ3n) is 3.71. The molecule has 142 valence electrons. The van der Waals surface area contributed by atoms with Gasteiger partial charge in [-0.1, -0.05) is 12.1 Å². The highest BCUT2D eigenvalue weighted by Crippen LogP contribution is 2.31. The molecule has 0 atom stereocenters. The average molecular weight is 395 g/mol. The van der Waals surface area contributed by atoms with Crippen molar-refractivity contribution in [2.45, 2.75) is 11.4 Å². The molecule has 0 aliphatic rings. The van der Waals surface area contributed by atoms with Crippen LogP contribution in [-0.2, 0) is 11.3 Å². The number of nitrogens with one attached hydrogen (secondary N) is 1. The molecule has 0 fully saturated rings. The maximum Gasteiger partial charge on any atom is 0.232 e. The number of primary amides is 1. The maximum absolute atomic E-state index is 10.8. The van der Waals surface area contributed by atoms with E-state index in [1.165, 1.54) is 16.7 Å². The number of ether oxygens (including phenoxy) is 1. The quantitative estimate of drug-likeness (QED) is 0.546. The molecule has 0 spiro atoms. The van der Waals surface area contributed by atoms with Crippen LogP contribution in [0.4, 0.5) is 0 Å². The number of rotatable bonds is 8. The summed E-state index contributed by atoms with van der Waals surface area (Å²) >= 11 is 1.25. The van der Waals surface area contributed by atoms with Gasteiger partial charge in [-0.15, -0.1) is 10.2 Å². The lowest BCUT2D eigenvalue weighted by Crippen LogP contribution is -2.24. The van der Waals surface area contributed by atoms with Crippen molar-refractivity contribution < 1.29 is 9.53 Å². The molecule has 1 heterocycles. The van der Waals surface area contributed by atoms with Crippen molar-refractivity contribution in [1.82, 2.24) is 24.9 Å². The lowest BCUT2D eigenvalue weighted by atomic mass is 10.1. The third kappa shape index (κ3) is 4.85. The topological polar surface area (TPSA) is 132 Å². The highest BCUT2D eigenvalue weighted by molar-refractivity contribution is 7.97. The van der Waals surface area contributed by atoms with Crippen molar-refractivity contribution in [1.29, 1.82) is 5.26 Å². The monoisotopic (exact) mass is 395 g/mol. The number of carbonyl (C=O) groups excluding carboxylic acids is 1. The molecule has 0 aliphatic heterocycles. The van der Waals surface area contributed by atoms with Gasteiger partial charge in [0, 0.05) is 5.56 Å². The number of hydrogen-bond donors (Lipinski definition) is 2. The molecule has 9 nitrogen and oxygen atoms in total. The first-order valence-electron chi connectivity index (χ1n) is 8.22. The standard InChI is InChI=1S/C18H17N7O2S/c1-27-15-8-14(6-7-16(15)28-21-10-17(20)26)18-22-24-25(23-18)11-13-4-2-12(9-19)3-5-13/h2-8,21H,10-11H2,1H3,(H2,20,26). The molecule has 3 rings (SSSR count). The summed E-state index contributed by atoms with van der Waals surface area (Å²) in [6, 6.07) is 14.8. The zero-order chi connectivity index (χ0) is 19.9. The fourth-order valence-corrected chi connectivity index (χ4v) is 3.10. The van der Waals surface area contributed by atoms with Crippen molar-refractivity contribution >= 4 is 17.9 Å². The van der Waals surface area contributed by atoms with Crippen LogP contribution in [0.5, 0.6) is 5.75 Å². The van der Waals surface area contributed by atoms with E-state index in [4.69, 9.17) is 15.7 Å². The highest BCUT2D eigenvalue weighted by Gasteiger charge is 2.11. The molecule has 0 saturated heterocycles. The Labute approximate surface area is 165 Å². The Morgan fingerprint density at radius 2 is 2.11 bits per heavy atom. The van der Waals surface area contributed by atoms with Crippen molar-refractivity contribution in [3.8, 4) is 23.2 Å². The van der Waals surface area contributed by atoms with Gasteiger partial charge in [-0.05, 0) is 53.1 Å². The minimum Gasteiger partial charge on any atom is -0.496 e. The Bertz CT molecular complexity index is 1010. The lowest BCUT2D eigenvalue weighted by molar-refractivity contribution is -0.116. The van der Waals surface area contributed by atoms with E-state index < -0.39 is 5.91 Å². The molecule has 0 bridgehead atoms. The number of aromatic nitrogens is 4. The number of tetrazole rings is 1. The summed E-state index contributed by atoms with van der Waals surface area (Å²) < 4.78 is 8.27. The largest absolute Gasteiger partial charge is 0.496 e. The van der Waals surface area contributed by atoms with E-state index in [0.29, 0.717) is 23.7 Å². The zero-order valence-electron chi connectivity index (χ0n) is 15.0. The van der Waals surface area contributed by atoms with E-state index in [1.807, 2.05) is 24.3 Å². The molecule has 0 unspecified atom stereocenters. The van der Waals surface area contributed by atoms with E-state index >= 15 is 0 Å². The first kappa shape index (κ1) is 19.3. The minimum absolute atomic E-state index is 0.0563. The highest BCUT2D eigenvalue weighted by atomic mass is 32.2. The fraction of sp³-hybridized carbons (Fsp3) is 0.167. The smallest absolute Gasteiger partial charge is 0.232 e. The molecule has 10 heteroatoms. The van der Waals surface area contributed by atoms with Crippen LogP contribution in [0.15, 0.2) is 47.4 Å². The zero-order valence-corrected chi connectivity index (χ0v) is 15.8. The number of nitriles is 1. The Kier molecular flexibility index (Phi) is 6.21. The summed E-state index contributed by atoms with van der Waals surface area (Å²) in [6.45, 7) is 0.502. The summed E-state index contributed by atoms with van der Waals surface area (Å²) in [4.78, 5) is 13.1. The number of nitrogens with zero attached hydrogens (tertiary/aromatic N) is 5. The lowest BCUT2D eigenvalue weighted by Gasteiger charge is -2.09. The van der Waals surface area contributed by atoms with Gasteiger partial charge < -0.3 is 10.5 Å². The second kappa shape index (κ2) is 8.98. The predicted molar refractivity (Wildman–Crippen MR) is 103 cm³/mol. The van der Waals surface area contributed by atoms with Gasteiger partial charge in [-0.25, -0.2) is 0 Å². The van der Waals surface area contributed by atoms with Crippen molar-refractivity contribution in [2.75, 3.05) is 13.7 Å². The summed E-state index contributed by atoms with van der Waals surface area (Å²) in [5.41, 5.74) is 7.43. The Morgan fingerprint density at radius 1 is 1.32 bits per heavy atom. The van der Waals surface area contributed by atoms with E-state index in [-0.39, 0.29) is 6.54 Å². The van der Waals surface area contributed by atoms with Gasteiger partial charge >= 0.3 is 0 Å². The maximum atomic E-state index is 10.8. The Morgan fingerprint density at radius 3 is 2.79 bits per heavy atom. The molecule has 2 aromatic carbocycles. The van der Waals surface area contributed by atoms with Gasteiger partial charge in [-0.3, -0.25) is 9.52 Å². The molecule has 0 saturated carbocycles. The molecule has 3 N–H and O–H groups in total. The normalized spacial score (nSPS) is 10.4. The average Bonchev–Trinajstić information content (AvgIpc) is 3.17. The van der Waals surface area contributed by atoms with Crippen LogP contribution in [0.1, 0.15) is 11.1 Å². The number of methoxy groups -OCH3 is 1. The number of hydrogen-bond acceptors (Lipinski definition) is 8. The van der Waals surface area contributed by atoms with E-state index in [9.17, 15) is 4.79 Å². The van der Waals surface area contributed by atoms with Crippen molar-refractivity contribution in [2.24, 2.45) is 5.73 Å². The Balaban J connectivity index is 1.73. The number of amides is 1. The molecular weight excluding hydrogens is 378 g/mol. The SMILES string of the molecule is COc1cc(-c2nnn(Cc3ccc(C#N)cc3)n2)ccc1SNCC(N)=O. The van der Waals surface area contributed by atoms with E-state index in [1.54, 1.807) is 25.3 Å². The molecule has 1 aromatic heterocycles. The molecule has 0 radical (unpaired) electrons. The van der Waals surface area contributed by atoms with Crippen LogP contribution in [0, 0.1) is 11.3 Å². The number of carbonyl (C=O) groups is 1. The summed E-state index contributed by atoms with van der Waals surface area (Å²) in [7, 11) is 1.56. The molecule has 0 aliphatic carbocycles. The summed E-state index contributed by atoms with van der Waals surface area (Å²) in [5.74, 6) is 0.641. The van der Waals surface area contributed by atoms with Gasteiger partial charge in [-0.2, -0.15) is 10.1 Å². The van der Waals surface area contributed by atoms with Crippen LogP contribution in [-0.4, -0.2) is 39.8 Å². The number of nitrogens with two attached hydrogens (primary N) is 1. The Hall–Kier alpha value is -3.42. The van der Waals surface area contributed by atoms with E-state index in [2.05, 4.69) is 26.2 Å². The van der Waals surface area contributed by atoms with Gasteiger partial charge in [0.2, 0.25) is 11.7 Å². The van der Waals surface area contributed by atoms with E-state index in [0.717, 1.165) is 16.0 Å². The van der Waals surface area contributed by atoms with Crippen LogP contribution >= 0.6 is 11.9 Å². The van der Waals surface area contributed by atoms with Gasteiger partial charge in [0.05, 0.1) is 36.7 Å². The molecular formula is C18H17N7O2S. The van der Waals surface area contributed by atoms with Crippen LogP contribution in [0.2, 0.25) is 0 Å². The van der Waals surface area contributed by atoms with Gasteiger partial charge in [0.25, 0.3) is 0 Å². The first-order chi connectivity index (χ1) is 13.6. The second-order valence-corrected chi connectivity index (χ2v) is 6.64. The summed E-state index contributed by atoms with van der Waals surface area (Å²) in [5, 5.41) is 21.4. The fourth-order valence-electron chi connectivity index (χ4n) is 2.35. The van der Waals surface area contributed by atoms with Crippen LogP contribution < -0.4 is 15.2 Å². The van der Waals surface area contributed by atoms with Crippen LogP contribution in [0.25, 0.3) is 11.4 Å². The third-order valence-corrected chi connectivity index (χ3v) is 4.56. The van der Waals surface area contributed by atoms with Crippen molar-refractivity contribution in [3.05, 3.63) is 53.6 Å². The second-order valence-electron chi connectivity index (χ2n) is 5.71. The number of benzene rings is 2.